The van der Waals surface area contributed by atoms with E-state index in [1.807, 2.05) is 19.1 Å². The van der Waals surface area contributed by atoms with E-state index in [1.54, 1.807) is 42.7 Å². The Morgan fingerprint density at radius 3 is 2.40 bits per heavy atom. The smallest absolute Gasteiger partial charge is 0.238 e. The van der Waals surface area contributed by atoms with Crippen molar-refractivity contribution in [2.75, 3.05) is 7.05 Å². The van der Waals surface area contributed by atoms with Gasteiger partial charge in [-0.2, -0.15) is 0 Å². The van der Waals surface area contributed by atoms with Crippen LogP contribution in [0.15, 0.2) is 59.9 Å². The molecule has 30 heavy (non-hydrogen) atoms. The molecule has 0 spiro atoms. The Balaban J connectivity index is 1.67. The molecule has 0 radical (unpaired) electrons. The molecular weight excluding hydrogens is 402 g/mol. The average molecular weight is 426 g/mol. The fraction of sp³-hybridized carbons (Fsp3) is 0.238. The lowest BCUT2D eigenvalue weighted by atomic mass is 10.1. The number of primary sulfonamides is 1. The zero-order chi connectivity index (χ0) is 21.7. The lowest BCUT2D eigenvalue weighted by Gasteiger charge is -2.19. The second-order valence-corrected chi connectivity index (χ2v) is 8.51. The highest BCUT2D eigenvalue weighted by atomic mass is 32.2. The van der Waals surface area contributed by atoms with Gasteiger partial charge in [-0.05, 0) is 48.7 Å². The Labute approximate surface area is 175 Å². The molecule has 9 heteroatoms. The minimum Gasteiger partial charge on any atom is -0.340 e. The molecule has 1 aromatic carbocycles. The minimum absolute atomic E-state index is 0.0394. The molecule has 2 N–H and O–H groups in total. The standard InChI is InChI=1S/C21H23N5O3S/c1-15-24-13-19(17-9-11-23-12-10-17)20(25-15)14-26(2)21(27)8-5-16-3-6-18(7-4-16)30(22,28)29/h3-4,6-7,9-13H,5,8,14H2,1-2H3,(H2,22,28,29). The first kappa shape index (κ1) is 21.5. The van der Waals surface area contributed by atoms with Crippen molar-refractivity contribution in [2.45, 2.75) is 31.2 Å². The summed E-state index contributed by atoms with van der Waals surface area (Å²) in [5, 5.41) is 5.10. The molecule has 0 bridgehead atoms. The van der Waals surface area contributed by atoms with Crippen molar-refractivity contribution in [2.24, 2.45) is 5.14 Å². The summed E-state index contributed by atoms with van der Waals surface area (Å²) in [7, 11) is -1.98. The first-order valence-corrected chi connectivity index (χ1v) is 10.9. The average Bonchev–Trinajstić information content (AvgIpc) is 2.72. The fourth-order valence-electron chi connectivity index (χ4n) is 3.01. The van der Waals surface area contributed by atoms with E-state index in [0.717, 1.165) is 22.4 Å². The number of rotatable bonds is 7. The van der Waals surface area contributed by atoms with Gasteiger partial charge in [-0.25, -0.2) is 23.5 Å². The molecule has 0 aliphatic heterocycles. The summed E-state index contributed by atoms with van der Waals surface area (Å²) in [6.45, 7) is 2.16. The highest BCUT2D eigenvalue weighted by Gasteiger charge is 2.15. The molecule has 2 heterocycles. The summed E-state index contributed by atoms with van der Waals surface area (Å²) in [4.78, 5) is 27.2. The number of nitrogens with two attached hydrogens (primary N) is 1. The van der Waals surface area contributed by atoms with Gasteiger partial charge < -0.3 is 4.90 Å². The molecule has 0 fully saturated rings. The zero-order valence-electron chi connectivity index (χ0n) is 16.8. The van der Waals surface area contributed by atoms with Crippen molar-refractivity contribution in [1.82, 2.24) is 19.9 Å². The summed E-state index contributed by atoms with van der Waals surface area (Å²) in [5.74, 6) is 0.598. The van der Waals surface area contributed by atoms with Crippen LogP contribution in [0.4, 0.5) is 0 Å². The molecule has 0 aliphatic rings. The molecule has 2 aromatic heterocycles. The Hall–Kier alpha value is -3.17. The van der Waals surface area contributed by atoms with Gasteiger partial charge in [-0.15, -0.1) is 0 Å². The molecule has 8 nitrogen and oxygen atoms in total. The third-order valence-electron chi connectivity index (χ3n) is 4.67. The summed E-state index contributed by atoms with van der Waals surface area (Å²) in [5.41, 5.74) is 3.43. The molecule has 0 atom stereocenters. The molecule has 3 aromatic rings. The van der Waals surface area contributed by atoms with Crippen molar-refractivity contribution in [3.05, 3.63) is 72.1 Å². The number of aromatic nitrogens is 3. The van der Waals surface area contributed by atoms with Crippen LogP contribution in [0.5, 0.6) is 0 Å². The highest BCUT2D eigenvalue weighted by molar-refractivity contribution is 7.89. The van der Waals surface area contributed by atoms with Gasteiger partial charge in [0.25, 0.3) is 0 Å². The number of amides is 1. The zero-order valence-corrected chi connectivity index (χ0v) is 17.6. The van der Waals surface area contributed by atoms with E-state index in [-0.39, 0.29) is 10.8 Å². The maximum atomic E-state index is 12.6. The van der Waals surface area contributed by atoms with Crippen LogP contribution >= 0.6 is 0 Å². The van der Waals surface area contributed by atoms with Crippen LogP contribution in [0, 0.1) is 6.92 Å². The van der Waals surface area contributed by atoms with Gasteiger partial charge in [0.15, 0.2) is 0 Å². The van der Waals surface area contributed by atoms with Crippen LogP contribution in [0.25, 0.3) is 11.1 Å². The number of sulfonamides is 1. The number of benzene rings is 1. The molecule has 0 aliphatic carbocycles. The van der Waals surface area contributed by atoms with Gasteiger partial charge in [0.1, 0.15) is 5.82 Å². The van der Waals surface area contributed by atoms with E-state index in [4.69, 9.17) is 5.14 Å². The van der Waals surface area contributed by atoms with Gasteiger partial charge in [0.05, 0.1) is 17.1 Å². The highest BCUT2D eigenvalue weighted by Crippen LogP contribution is 2.22. The molecule has 0 saturated heterocycles. The van der Waals surface area contributed by atoms with E-state index < -0.39 is 10.0 Å². The first-order valence-electron chi connectivity index (χ1n) is 9.32. The largest absolute Gasteiger partial charge is 0.340 e. The van der Waals surface area contributed by atoms with Crippen LogP contribution in [0.2, 0.25) is 0 Å². The van der Waals surface area contributed by atoms with Gasteiger partial charge in [-0.3, -0.25) is 9.78 Å². The third kappa shape index (κ3) is 5.46. The second-order valence-electron chi connectivity index (χ2n) is 6.95. The minimum atomic E-state index is -3.72. The first-order chi connectivity index (χ1) is 14.2. The number of hydrogen-bond donors (Lipinski definition) is 1. The second kappa shape index (κ2) is 9.10. The van der Waals surface area contributed by atoms with Gasteiger partial charge in [0, 0.05) is 37.6 Å². The van der Waals surface area contributed by atoms with Gasteiger partial charge >= 0.3 is 0 Å². The number of aryl methyl sites for hydroxylation is 2. The van der Waals surface area contributed by atoms with Crippen LogP contribution in [0.1, 0.15) is 23.5 Å². The number of pyridine rings is 1. The maximum Gasteiger partial charge on any atom is 0.238 e. The normalized spacial score (nSPS) is 11.3. The predicted octanol–water partition coefficient (Wildman–Crippen LogP) is 2.09. The Morgan fingerprint density at radius 1 is 1.10 bits per heavy atom. The number of nitrogens with zero attached hydrogens (tertiary/aromatic N) is 4. The predicted molar refractivity (Wildman–Crippen MR) is 113 cm³/mol. The molecule has 0 saturated carbocycles. The SMILES string of the molecule is Cc1ncc(-c2ccncc2)c(CN(C)C(=O)CCc2ccc(S(N)(=O)=O)cc2)n1. The van der Waals surface area contributed by atoms with Gasteiger partial charge in [-0.1, -0.05) is 12.1 Å². The Bertz CT molecular complexity index is 1130. The topological polar surface area (TPSA) is 119 Å². The lowest BCUT2D eigenvalue weighted by molar-refractivity contribution is -0.130. The van der Waals surface area contributed by atoms with E-state index in [9.17, 15) is 13.2 Å². The van der Waals surface area contributed by atoms with Crippen molar-refractivity contribution in [3.8, 4) is 11.1 Å². The van der Waals surface area contributed by atoms with Crippen molar-refractivity contribution < 1.29 is 13.2 Å². The fourth-order valence-corrected chi connectivity index (χ4v) is 3.53. The molecule has 156 valence electrons. The van der Waals surface area contributed by atoms with E-state index in [1.165, 1.54) is 12.1 Å². The summed E-state index contributed by atoms with van der Waals surface area (Å²) < 4.78 is 22.7. The van der Waals surface area contributed by atoms with Crippen molar-refractivity contribution >= 4 is 15.9 Å². The maximum absolute atomic E-state index is 12.6. The van der Waals surface area contributed by atoms with Crippen molar-refractivity contribution in [1.29, 1.82) is 0 Å². The summed E-state index contributed by atoms with van der Waals surface area (Å²) in [6.07, 6.45) is 5.95. The van der Waals surface area contributed by atoms with E-state index >= 15 is 0 Å². The van der Waals surface area contributed by atoms with Crippen LogP contribution in [0.3, 0.4) is 0 Å². The van der Waals surface area contributed by atoms with E-state index in [2.05, 4.69) is 15.0 Å². The molecule has 1 amide bonds. The monoisotopic (exact) mass is 425 g/mol. The van der Waals surface area contributed by atoms with Crippen molar-refractivity contribution in [3.63, 3.8) is 0 Å². The Kier molecular flexibility index (Phi) is 6.53. The third-order valence-corrected chi connectivity index (χ3v) is 5.60. The van der Waals surface area contributed by atoms with Crippen LogP contribution in [-0.2, 0) is 27.8 Å². The summed E-state index contributed by atoms with van der Waals surface area (Å²) in [6, 6.07) is 9.99. The quantitative estimate of drug-likeness (QED) is 0.619. The van der Waals surface area contributed by atoms with E-state index in [0.29, 0.717) is 25.2 Å². The number of carbonyl (C=O) groups is 1. The molecular formula is C21H23N5O3S. The number of hydrogen-bond acceptors (Lipinski definition) is 6. The van der Waals surface area contributed by atoms with Crippen LogP contribution in [-0.4, -0.2) is 41.2 Å². The number of carbonyl (C=O) groups excluding carboxylic acids is 1. The Morgan fingerprint density at radius 2 is 1.77 bits per heavy atom. The molecule has 0 unspecified atom stereocenters. The molecule has 3 rings (SSSR count). The van der Waals surface area contributed by atoms with Crippen LogP contribution < -0.4 is 5.14 Å². The van der Waals surface area contributed by atoms with Gasteiger partial charge in [0.2, 0.25) is 15.9 Å². The lowest BCUT2D eigenvalue weighted by Crippen LogP contribution is -2.27. The summed E-state index contributed by atoms with van der Waals surface area (Å²) >= 11 is 0.